The molecule has 2 N–H and O–H groups in total. The molecule has 0 saturated heterocycles. The van der Waals surface area contributed by atoms with E-state index in [-0.39, 0.29) is 12.8 Å². The Kier molecular flexibility index (Phi) is 15.2. The van der Waals surface area contributed by atoms with Gasteiger partial charge < -0.3 is 0 Å². The molecule has 0 saturated carbocycles. The van der Waals surface area contributed by atoms with Gasteiger partial charge in [0.25, 0.3) is 0 Å². The lowest BCUT2D eigenvalue weighted by molar-refractivity contribution is -0.130. The van der Waals surface area contributed by atoms with Crippen molar-refractivity contribution in [2.75, 3.05) is 0 Å². The predicted molar refractivity (Wildman–Crippen MR) is 98.7 cm³/mol. The quantitative estimate of drug-likeness (QED) is 0.213. The summed E-state index contributed by atoms with van der Waals surface area (Å²) in [5, 5.41) is 0. The van der Waals surface area contributed by atoms with Crippen molar-refractivity contribution in [1.29, 1.82) is 0 Å². The van der Waals surface area contributed by atoms with Crippen molar-refractivity contribution in [3.8, 4) is 0 Å². The van der Waals surface area contributed by atoms with Crippen molar-refractivity contribution < 1.29 is 23.4 Å². The lowest BCUT2D eigenvalue weighted by Gasteiger charge is -2.12. The Bertz CT molecular complexity index is 389. The van der Waals surface area contributed by atoms with E-state index >= 15 is 0 Å². The van der Waals surface area contributed by atoms with E-state index in [0.717, 1.165) is 64.2 Å². The molecule has 0 aromatic rings. The monoisotopic (exact) mass is 398 g/mol. The summed E-state index contributed by atoms with van der Waals surface area (Å²) in [5.74, 6) is -0.855. The molecular formula is C16H32ClN2O5P. The van der Waals surface area contributed by atoms with Gasteiger partial charge in [-0.1, -0.05) is 65.2 Å². The van der Waals surface area contributed by atoms with Crippen LogP contribution >= 0.6 is 18.2 Å². The number of amides is 2. The van der Waals surface area contributed by atoms with Crippen molar-refractivity contribution in [2.45, 2.75) is 90.9 Å². The number of rotatable bonds is 16. The van der Waals surface area contributed by atoms with Crippen molar-refractivity contribution in [1.82, 2.24) is 11.0 Å². The fourth-order valence-corrected chi connectivity index (χ4v) is 2.78. The van der Waals surface area contributed by atoms with Gasteiger partial charge in [-0.3, -0.25) is 9.59 Å². The van der Waals surface area contributed by atoms with E-state index in [2.05, 4.69) is 23.1 Å². The van der Waals surface area contributed by atoms with Crippen LogP contribution in [0.4, 0.5) is 0 Å². The molecule has 0 aromatic heterocycles. The van der Waals surface area contributed by atoms with Crippen LogP contribution in [0.5, 0.6) is 0 Å². The highest BCUT2D eigenvalue weighted by Crippen LogP contribution is 2.51. The Balaban J connectivity index is 3.76. The third kappa shape index (κ3) is 16.6. The largest absolute Gasteiger partial charge is 0.466 e. The summed E-state index contributed by atoms with van der Waals surface area (Å²) in [4.78, 5) is 23.1. The highest BCUT2D eigenvalue weighted by atomic mass is 35.7. The van der Waals surface area contributed by atoms with Gasteiger partial charge in [-0.25, -0.2) is 15.5 Å². The first-order chi connectivity index (χ1) is 11.9. The van der Waals surface area contributed by atoms with Crippen LogP contribution in [-0.4, -0.2) is 11.8 Å². The zero-order chi connectivity index (χ0) is 19.0. The number of nitrogens with one attached hydrogen (secondary N) is 2. The topological polar surface area (TPSA) is 93.7 Å². The Hall–Kier alpha value is -0.620. The highest BCUT2D eigenvalue weighted by molar-refractivity contribution is 7.81. The summed E-state index contributed by atoms with van der Waals surface area (Å²) in [6.45, 7) is 0.138. The van der Waals surface area contributed by atoms with Crippen LogP contribution in [0.1, 0.15) is 90.9 Å². The van der Waals surface area contributed by atoms with E-state index < -0.39 is 18.8 Å². The molecule has 25 heavy (non-hydrogen) atoms. The molecule has 0 bridgehead atoms. The predicted octanol–water partition coefficient (Wildman–Crippen LogP) is 5.15. The minimum atomic E-state index is -4.09. The first kappa shape index (κ1) is 24.4. The summed E-state index contributed by atoms with van der Waals surface area (Å²) in [6.07, 6.45) is 10.5. The van der Waals surface area contributed by atoms with E-state index in [4.69, 9.17) is 11.2 Å². The van der Waals surface area contributed by atoms with Crippen molar-refractivity contribution in [3.05, 3.63) is 0 Å². The Morgan fingerprint density at radius 1 is 0.760 bits per heavy atom. The average Bonchev–Trinajstić information content (AvgIpc) is 2.58. The maximum atomic E-state index is 11.7. The molecule has 0 aliphatic carbocycles. The fraction of sp³-hybridized carbons (Fsp3) is 0.875. The molecule has 7 nitrogen and oxygen atoms in total. The number of hydrogen-bond donors (Lipinski definition) is 2. The van der Waals surface area contributed by atoms with E-state index in [9.17, 15) is 14.2 Å². The Labute approximate surface area is 155 Å². The van der Waals surface area contributed by atoms with Crippen LogP contribution in [0.15, 0.2) is 0 Å². The van der Waals surface area contributed by atoms with Crippen LogP contribution in [0.2, 0.25) is 0 Å². The van der Waals surface area contributed by atoms with Gasteiger partial charge in [-0.2, -0.15) is 9.25 Å². The molecule has 0 aliphatic rings. The zero-order valence-corrected chi connectivity index (χ0v) is 17.0. The molecule has 0 aromatic carbocycles. The lowest BCUT2D eigenvalue weighted by Crippen LogP contribution is -2.25. The van der Waals surface area contributed by atoms with Gasteiger partial charge in [-0.05, 0) is 12.8 Å². The number of hydroxylamine groups is 2. The maximum absolute atomic E-state index is 11.7. The standard InChI is InChI=1S/C16H32ClN2O5P/c1-3-5-7-9-11-13-15(20)18-23-25(17,22)24-19-16(21)14-12-10-8-6-4-2/h3-14H2,1-2H3,(H,18,20)(H,19,21). The first-order valence-electron chi connectivity index (χ1n) is 9.15. The molecule has 148 valence electrons. The molecule has 0 unspecified atom stereocenters. The summed E-state index contributed by atoms with van der Waals surface area (Å²) in [5.41, 5.74) is 3.99. The van der Waals surface area contributed by atoms with Gasteiger partial charge in [0.15, 0.2) is 0 Å². The number of halogens is 1. The fourth-order valence-electron chi connectivity index (χ4n) is 2.11. The second kappa shape index (κ2) is 15.6. The van der Waals surface area contributed by atoms with Crippen LogP contribution in [-0.2, 0) is 23.4 Å². The minimum absolute atomic E-state index is 0.255. The van der Waals surface area contributed by atoms with Crippen LogP contribution < -0.4 is 11.0 Å². The van der Waals surface area contributed by atoms with Gasteiger partial charge in [0.1, 0.15) is 0 Å². The van der Waals surface area contributed by atoms with Crippen molar-refractivity contribution >= 4 is 30.0 Å². The summed E-state index contributed by atoms with van der Waals surface area (Å²) in [7, 11) is 0. The van der Waals surface area contributed by atoms with Crippen molar-refractivity contribution in [3.63, 3.8) is 0 Å². The van der Waals surface area contributed by atoms with E-state index in [1.807, 2.05) is 11.0 Å². The molecule has 0 radical (unpaired) electrons. The van der Waals surface area contributed by atoms with E-state index in [0.29, 0.717) is 0 Å². The van der Waals surface area contributed by atoms with Gasteiger partial charge in [-0.15, -0.1) is 0 Å². The van der Waals surface area contributed by atoms with Gasteiger partial charge in [0.2, 0.25) is 11.8 Å². The Morgan fingerprint density at radius 2 is 1.12 bits per heavy atom. The molecule has 0 atom stereocenters. The molecular weight excluding hydrogens is 367 g/mol. The molecule has 0 rings (SSSR count). The summed E-state index contributed by atoms with van der Waals surface area (Å²) in [6, 6.07) is 0. The SMILES string of the molecule is CCCCCCCC(=O)NOP(=O)(Cl)ONC(=O)CCCCCCC. The first-order valence-corrected chi connectivity index (χ1v) is 11.6. The number of carbonyl (C=O) groups is 2. The second-order valence-electron chi connectivity index (χ2n) is 5.99. The number of hydrogen-bond acceptors (Lipinski definition) is 5. The van der Waals surface area contributed by atoms with Gasteiger partial charge in [0.05, 0.1) is 0 Å². The number of unbranched alkanes of at least 4 members (excludes halogenated alkanes) is 8. The highest BCUT2D eigenvalue weighted by Gasteiger charge is 2.24. The third-order valence-electron chi connectivity index (χ3n) is 3.55. The zero-order valence-electron chi connectivity index (χ0n) is 15.4. The summed E-state index contributed by atoms with van der Waals surface area (Å²) >= 11 is 5.51. The summed E-state index contributed by atoms with van der Waals surface area (Å²) < 4.78 is 20.9. The number of carbonyl (C=O) groups excluding carboxylic acids is 2. The maximum Gasteiger partial charge on any atom is 0.466 e. The molecule has 9 heteroatoms. The van der Waals surface area contributed by atoms with Crippen molar-refractivity contribution in [2.24, 2.45) is 0 Å². The average molecular weight is 399 g/mol. The molecule has 0 fully saturated rings. The smallest absolute Gasteiger partial charge is 0.273 e. The van der Waals surface area contributed by atoms with E-state index in [1.165, 1.54) is 0 Å². The molecule has 0 heterocycles. The van der Waals surface area contributed by atoms with Crippen LogP contribution in [0.3, 0.4) is 0 Å². The lowest BCUT2D eigenvalue weighted by atomic mass is 10.1. The van der Waals surface area contributed by atoms with E-state index in [1.54, 1.807) is 0 Å². The molecule has 0 spiro atoms. The van der Waals surface area contributed by atoms with Gasteiger partial charge >= 0.3 is 6.95 Å². The van der Waals surface area contributed by atoms with Gasteiger partial charge in [0, 0.05) is 24.1 Å². The molecule has 2 amide bonds. The van der Waals surface area contributed by atoms with Crippen LogP contribution in [0.25, 0.3) is 0 Å². The van der Waals surface area contributed by atoms with Crippen LogP contribution in [0, 0.1) is 0 Å². The Morgan fingerprint density at radius 3 is 1.48 bits per heavy atom. The minimum Gasteiger partial charge on any atom is -0.273 e. The second-order valence-corrected chi connectivity index (χ2v) is 8.46. The molecule has 0 aliphatic heterocycles. The normalized spacial score (nSPS) is 11.3. The third-order valence-corrected chi connectivity index (χ3v) is 4.58.